The number of carbonyl (C=O) groups excluding carboxylic acids is 1. The molecule has 0 aromatic carbocycles. The van der Waals surface area contributed by atoms with Gasteiger partial charge in [0.15, 0.2) is 0 Å². The van der Waals surface area contributed by atoms with Crippen molar-refractivity contribution in [2.45, 2.75) is 46.2 Å². The van der Waals surface area contributed by atoms with Gasteiger partial charge >= 0.3 is 0 Å². The summed E-state index contributed by atoms with van der Waals surface area (Å²) >= 11 is 0. The summed E-state index contributed by atoms with van der Waals surface area (Å²) in [5.74, 6) is 0.615. The molecule has 0 aliphatic carbocycles. The zero-order chi connectivity index (χ0) is 11.8. The summed E-state index contributed by atoms with van der Waals surface area (Å²) in [6, 6.07) is 0.216. The zero-order valence-corrected chi connectivity index (χ0v) is 10.3. The minimum absolute atomic E-state index is 0.0325. The van der Waals surface area contributed by atoms with Crippen LogP contribution in [0.3, 0.4) is 0 Å². The molecular weight excluding hydrogens is 188 g/mol. The summed E-state index contributed by atoms with van der Waals surface area (Å²) in [4.78, 5) is 11.5. The molecule has 0 aromatic heterocycles. The van der Waals surface area contributed by atoms with Crippen molar-refractivity contribution in [3.8, 4) is 0 Å². The van der Waals surface area contributed by atoms with E-state index in [2.05, 4.69) is 38.0 Å². The van der Waals surface area contributed by atoms with E-state index in [0.29, 0.717) is 18.5 Å². The van der Waals surface area contributed by atoms with Crippen LogP contribution >= 0.6 is 0 Å². The molecule has 0 spiro atoms. The van der Waals surface area contributed by atoms with Crippen LogP contribution < -0.4 is 10.6 Å². The van der Waals surface area contributed by atoms with E-state index in [1.54, 1.807) is 6.08 Å². The predicted octanol–water partition coefficient (Wildman–Crippen LogP) is 1.70. The Morgan fingerprint density at radius 3 is 2.47 bits per heavy atom. The molecule has 0 saturated carbocycles. The first kappa shape index (κ1) is 14.2. The number of hydrogen-bond acceptors (Lipinski definition) is 2. The molecule has 15 heavy (non-hydrogen) atoms. The van der Waals surface area contributed by atoms with Gasteiger partial charge in [0, 0.05) is 12.6 Å². The highest BCUT2D eigenvalue weighted by Crippen LogP contribution is 2.07. The molecular formula is C12H24N2O. The van der Waals surface area contributed by atoms with E-state index < -0.39 is 0 Å². The van der Waals surface area contributed by atoms with Crippen molar-refractivity contribution in [2.75, 3.05) is 6.54 Å². The topological polar surface area (TPSA) is 41.1 Å². The maximum absolute atomic E-state index is 11.5. The van der Waals surface area contributed by atoms with Crippen LogP contribution in [0.15, 0.2) is 12.7 Å². The van der Waals surface area contributed by atoms with Gasteiger partial charge in [0.2, 0.25) is 5.91 Å². The Morgan fingerprint density at radius 2 is 2.00 bits per heavy atom. The number of nitrogens with one attached hydrogen (secondary N) is 2. The van der Waals surface area contributed by atoms with Gasteiger partial charge in [-0.15, -0.1) is 6.58 Å². The summed E-state index contributed by atoms with van der Waals surface area (Å²) in [7, 11) is 0. The Balaban J connectivity index is 3.94. The standard InChI is InChI=1S/C12H24N2O/c1-6-8-13-12(15)11(5)14-10(4)9(3)7-2/h6,9-11,14H,1,7-8H2,2-5H3,(H,13,15). The molecule has 3 unspecified atom stereocenters. The lowest BCUT2D eigenvalue weighted by molar-refractivity contribution is -0.122. The fourth-order valence-electron chi connectivity index (χ4n) is 1.31. The van der Waals surface area contributed by atoms with E-state index in [0.717, 1.165) is 6.42 Å². The lowest BCUT2D eigenvalue weighted by Gasteiger charge is -2.23. The van der Waals surface area contributed by atoms with Crippen molar-refractivity contribution in [3.63, 3.8) is 0 Å². The highest BCUT2D eigenvalue weighted by Gasteiger charge is 2.17. The van der Waals surface area contributed by atoms with E-state index in [1.807, 2.05) is 6.92 Å². The van der Waals surface area contributed by atoms with Gasteiger partial charge in [-0.05, 0) is 19.8 Å². The first-order valence-corrected chi connectivity index (χ1v) is 5.67. The Kier molecular flexibility index (Phi) is 7.05. The smallest absolute Gasteiger partial charge is 0.237 e. The maximum Gasteiger partial charge on any atom is 0.237 e. The van der Waals surface area contributed by atoms with E-state index in [9.17, 15) is 4.79 Å². The van der Waals surface area contributed by atoms with Crippen LogP contribution in [0.5, 0.6) is 0 Å². The van der Waals surface area contributed by atoms with Gasteiger partial charge in [-0.3, -0.25) is 4.79 Å². The Labute approximate surface area is 93.3 Å². The molecule has 88 valence electrons. The molecule has 0 heterocycles. The van der Waals surface area contributed by atoms with Crippen LogP contribution in [-0.2, 0) is 4.79 Å². The Morgan fingerprint density at radius 1 is 1.40 bits per heavy atom. The second-order valence-electron chi connectivity index (χ2n) is 4.10. The largest absolute Gasteiger partial charge is 0.351 e. The maximum atomic E-state index is 11.5. The molecule has 1 amide bonds. The molecule has 0 rings (SSSR count). The number of amides is 1. The molecule has 2 N–H and O–H groups in total. The Hall–Kier alpha value is -0.830. The lowest BCUT2D eigenvalue weighted by atomic mass is 10.0. The van der Waals surface area contributed by atoms with Gasteiger partial charge in [0.05, 0.1) is 6.04 Å². The van der Waals surface area contributed by atoms with Gasteiger partial charge in [-0.1, -0.05) is 26.3 Å². The van der Waals surface area contributed by atoms with Crippen molar-refractivity contribution in [3.05, 3.63) is 12.7 Å². The predicted molar refractivity (Wildman–Crippen MR) is 64.7 cm³/mol. The summed E-state index contributed by atoms with van der Waals surface area (Å²) in [6.07, 6.45) is 2.80. The highest BCUT2D eigenvalue weighted by molar-refractivity contribution is 5.81. The molecule has 0 aliphatic rings. The molecule has 0 fully saturated rings. The average Bonchev–Trinajstić information content (AvgIpc) is 2.24. The van der Waals surface area contributed by atoms with Crippen molar-refractivity contribution < 1.29 is 4.79 Å². The zero-order valence-electron chi connectivity index (χ0n) is 10.3. The summed E-state index contributed by atoms with van der Waals surface area (Å²) in [6.45, 7) is 12.4. The third-order valence-corrected chi connectivity index (χ3v) is 2.82. The van der Waals surface area contributed by atoms with E-state index in [1.165, 1.54) is 0 Å². The fraction of sp³-hybridized carbons (Fsp3) is 0.750. The molecule has 0 bridgehead atoms. The molecule has 3 nitrogen and oxygen atoms in total. The molecule has 0 radical (unpaired) electrons. The fourth-order valence-corrected chi connectivity index (χ4v) is 1.31. The van der Waals surface area contributed by atoms with Crippen molar-refractivity contribution >= 4 is 5.91 Å². The quantitative estimate of drug-likeness (QED) is 0.631. The third-order valence-electron chi connectivity index (χ3n) is 2.82. The Bertz CT molecular complexity index is 204. The SMILES string of the molecule is C=CCNC(=O)C(C)NC(C)C(C)CC. The lowest BCUT2D eigenvalue weighted by Crippen LogP contribution is -2.47. The number of carbonyl (C=O) groups is 1. The number of rotatable bonds is 7. The minimum atomic E-state index is -0.144. The number of hydrogen-bond donors (Lipinski definition) is 2. The first-order valence-electron chi connectivity index (χ1n) is 5.67. The van der Waals surface area contributed by atoms with Crippen LogP contribution in [0.1, 0.15) is 34.1 Å². The van der Waals surface area contributed by atoms with Crippen LogP contribution in [-0.4, -0.2) is 24.5 Å². The molecule has 0 saturated heterocycles. The van der Waals surface area contributed by atoms with Crippen LogP contribution in [0.25, 0.3) is 0 Å². The van der Waals surface area contributed by atoms with Crippen molar-refractivity contribution in [2.24, 2.45) is 5.92 Å². The van der Waals surface area contributed by atoms with Gasteiger partial charge in [-0.2, -0.15) is 0 Å². The van der Waals surface area contributed by atoms with Gasteiger partial charge in [0.1, 0.15) is 0 Å². The average molecular weight is 212 g/mol. The second kappa shape index (κ2) is 7.46. The van der Waals surface area contributed by atoms with Crippen LogP contribution in [0.4, 0.5) is 0 Å². The van der Waals surface area contributed by atoms with Crippen LogP contribution in [0.2, 0.25) is 0 Å². The van der Waals surface area contributed by atoms with E-state index >= 15 is 0 Å². The summed E-state index contributed by atoms with van der Waals surface area (Å²) in [5, 5.41) is 6.07. The van der Waals surface area contributed by atoms with Gasteiger partial charge in [-0.25, -0.2) is 0 Å². The third kappa shape index (κ3) is 5.57. The molecule has 0 aliphatic heterocycles. The molecule has 0 aromatic rings. The van der Waals surface area contributed by atoms with Crippen LogP contribution in [0, 0.1) is 5.92 Å². The van der Waals surface area contributed by atoms with Gasteiger partial charge < -0.3 is 10.6 Å². The second-order valence-corrected chi connectivity index (χ2v) is 4.10. The van der Waals surface area contributed by atoms with E-state index in [-0.39, 0.29) is 11.9 Å². The monoisotopic (exact) mass is 212 g/mol. The summed E-state index contributed by atoms with van der Waals surface area (Å²) < 4.78 is 0. The molecule has 3 heteroatoms. The molecule has 3 atom stereocenters. The minimum Gasteiger partial charge on any atom is -0.351 e. The van der Waals surface area contributed by atoms with Crippen molar-refractivity contribution in [1.82, 2.24) is 10.6 Å². The normalized spacial score (nSPS) is 16.5. The van der Waals surface area contributed by atoms with Gasteiger partial charge in [0.25, 0.3) is 0 Å². The van der Waals surface area contributed by atoms with E-state index in [4.69, 9.17) is 0 Å². The first-order chi connectivity index (χ1) is 7.02. The summed E-state index contributed by atoms with van der Waals surface area (Å²) in [5.41, 5.74) is 0. The highest BCUT2D eigenvalue weighted by atomic mass is 16.2. The van der Waals surface area contributed by atoms with Crippen molar-refractivity contribution in [1.29, 1.82) is 0 Å².